The predicted molar refractivity (Wildman–Crippen MR) is 77.7 cm³/mol. The number of carbonyl (C=O) groups is 1. The van der Waals surface area contributed by atoms with E-state index in [1.54, 1.807) is 12.1 Å². The summed E-state index contributed by atoms with van der Waals surface area (Å²) >= 11 is 6.12. The van der Waals surface area contributed by atoms with Crippen molar-refractivity contribution in [2.24, 2.45) is 5.92 Å². The van der Waals surface area contributed by atoms with Gasteiger partial charge in [0, 0.05) is 31.1 Å². The molecule has 2 aromatic rings. The van der Waals surface area contributed by atoms with E-state index in [9.17, 15) is 4.79 Å². The number of aromatic nitrogens is 2. The van der Waals surface area contributed by atoms with Crippen molar-refractivity contribution >= 4 is 17.5 Å². The fourth-order valence-corrected chi connectivity index (χ4v) is 2.30. The lowest BCUT2D eigenvalue weighted by Crippen LogP contribution is -2.48. The third-order valence-corrected chi connectivity index (χ3v) is 3.72. The zero-order valence-corrected chi connectivity index (χ0v) is 11.6. The molecule has 1 aromatic carbocycles. The maximum atomic E-state index is 12.0. The number of nitrogens with zero attached hydrogens (tertiary/aromatic N) is 1. The molecule has 104 valence electrons. The highest BCUT2D eigenvalue weighted by Gasteiger charge is 2.18. The molecule has 0 radical (unpaired) electrons. The minimum Gasteiger partial charge on any atom is -0.350 e. The summed E-state index contributed by atoms with van der Waals surface area (Å²) in [6.45, 7) is 2.62. The lowest BCUT2D eigenvalue weighted by atomic mass is 10.0. The number of amides is 1. The Bertz CT molecular complexity index is 621. The molecular formula is C14H15ClN4O. The molecule has 5 nitrogen and oxygen atoms in total. The van der Waals surface area contributed by atoms with Crippen molar-refractivity contribution in [3.63, 3.8) is 0 Å². The average molecular weight is 291 g/mol. The number of halogens is 1. The van der Waals surface area contributed by atoms with Gasteiger partial charge >= 0.3 is 0 Å². The summed E-state index contributed by atoms with van der Waals surface area (Å²) in [7, 11) is 0. The van der Waals surface area contributed by atoms with Gasteiger partial charge in [-0.05, 0) is 12.1 Å². The van der Waals surface area contributed by atoms with E-state index in [-0.39, 0.29) is 5.91 Å². The molecular weight excluding hydrogens is 276 g/mol. The van der Waals surface area contributed by atoms with Crippen LogP contribution in [0.15, 0.2) is 30.3 Å². The minimum atomic E-state index is -0.136. The van der Waals surface area contributed by atoms with E-state index in [0.717, 1.165) is 18.7 Å². The molecule has 0 aliphatic carbocycles. The first-order valence-corrected chi connectivity index (χ1v) is 6.91. The molecule has 2 heterocycles. The Kier molecular flexibility index (Phi) is 3.71. The lowest BCUT2D eigenvalue weighted by molar-refractivity contribution is 0.0937. The van der Waals surface area contributed by atoms with Crippen LogP contribution in [0.3, 0.4) is 0 Å². The number of aromatic amines is 1. The highest BCUT2D eigenvalue weighted by Crippen LogP contribution is 2.26. The summed E-state index contributed by atoms with van der Waals surface area (Å²) in [6.07, 6.45) is 0. The van der Waals surface area contributed by atoms with Crippen LogP contribution in [-0.2, 0) is 0 Å². The minimum absolute atomic E-state index is 0.136. The molecule has 6 heteroatoms. The summed E-state index contributed by atoms with van der Waals surface area (Å²) in [5.74, 6) is 0.396. The van der Waals surface area contributed by atoms with Gasteiger partial charge in [0.1, 0.15) is 5.69 Å². The van der Waals surface area contributed by atoms with Gasteiger partial charge < -0.3 is 10.6 Å². The summed E-state index contributed by atoms with van der Waals surface area (Å²) < 4.78 is 0. The molecule has 0 unspecified atom stereocenters. The quantitative estimate of drug-likeness (QED) is 0.802. The smallest absolute Gasteiger partial charge is 0.269 e. The summed E-state index contributed by atoms with van der Waals surface area (Å²) in [5.41, 5.74) is 1.94. The van der Waals surface area contributed by atoms with Crippen LogP contribution in [-0.4, -0.2) is 35.7 Å². The van der Waals surface area contributed by atoms with Crippen LogP contribution >= 0.6 is 11.6 Å². The standard InChI is InChI=1S/C14H15ClN4O/c15-11-4-2-1-3-10(11)12-5-13(19-18-12)14(20)17-8-9-6-16-7-9/h1-5,9,16H,6-8H2,(H,17,20)(H,18,19). The molecule has 0 bridgehead atoms. The number of benzene rings is 1. The second kappa shape index (κ2) is 5.64. The third kappa shape index (κ3) is 2.69. The number of hydrogen-bond donors (Lipinski definition) is 3. The van der Waals surface area contributed by atoms with E-state index in [1.165, 1.54) is 0 Å². The highest BCUT2D eigenvalue weighted by atomic mass is 35.5. The van der Waals surface area contributed by atoms with Crippen molar-refractivity contribution in [2.45, 2.75) is 0 Å². The topological polar surface area (TPSA) is 69.8 Å². The molecule has 1 aliphatic rings. The first-order chi connectivity index (χ1) is 9.74. The number of carbonyl (C=O) groups excluding carboxylic acids is 1. The van der Waals surface area contributed by atoms with Crippen LogP contribution in [0, 0.1) is 5.92 Å². The van der Waals surface area contributed by atoms with Crippen LogP contribution in [0.4, 0.5) is 0 Å². The first-order valence-electron chi connectivity index (χ1n) is 6.53. The lowest BCUT2D eigenvalue weighted by Gasteiger charge is -2.26. The first kappa shape index (κ1) is 13.1. The summed E-state index contributed by atoms with van der Waals surface area (Å²) in [4.78, 5) is 12.0. The Morgan fingerprint density at radius 3 is 2.90 bits per heavy atom. The van der Waals surface area contributed by atoms with Crippen molar-refractivity contribution in [1.29, 1.82) is 0 Å². The molecule has 0 spiro atoms. The van der Waals surface area contributed by atoms with Crippen LogP contribution in [0.25, 0.3) is 11.3 Å². The molecule has 1 amide bonds. The summed E-state index contributed by atoms with van der Waals surface area (Å²) in [6, 6.07) is 9.14. The second-order valence-electron chi connectivity index (χ2n) is 4.88. The maximum Gasteiger partial charge on any atom is 0.269 e. The molecule has 3 N–H and O–H groups in total. The fourth-order valence-electron chi connectivity index (χ4n) is 2.07. The molecule has 3 rings (SSSR count). The van der Waals surface area contributed by atoms with Crippen molar-refractivity contribution < 1.29 is 4.79 Å². The molecule has 1 aliphatic heterocycles. The van der Waals surface area contributed by atoms with E-state index in [4.69, 9.17) is 11.6 Å². The monoisotopic (exact) mass is 290 g/mol. The Balaban J connectivity index is 1.69. The van der Waals surface area contributed by atoms with E-state index in [0.29, 0.717) is 28.9 Å². The van der Waals surface area contributed by atoms with Gasteiger partial charge in [-0.1, -0.05) is 29.8 Å². The van der Waals surface area contributed by atoms with Crippen molar-refractivity contribution in [1.82, 2.24) is 20.8 Å². The number of H-pyrrole nitrogens is 1. The SMILES string of the molecule is O=C(NCC1CNC1)c1cc(-c2ccccc2Cl)n[nH]1. The maximum absolute atomic E-state index is 12.0. The van der Waals surface area contributed by atoms with Crippen molar-refractivity contribution in [2.75, 3.05) is 19.6 Å². The number of hydrogen-bond acceptors (Lipinski definition) is 3. The summed E-state index contributed by atoms with van der Waals surface area (Å²) in [5, 5.41) is 13.6. The Morgan fingerprint density at radius 1 is 1.40 bits per heavy atom. The van der Waals surface area contributed by atoms with Gasteiger partial charge in [-0.25, -0.2) is 0 Å². The zero-order chi connectivity index (χ0) is 13.9. The van der Waals surface area contributed by atoms with Gasteiger partial charge in [0.25, 0.3) is 5.91 Å². The largest absolute Gasteiger partial charge is 0.350 e. The number of rotatable bonds is 4. The van der Waals surface area contributed by atoms with E-state index in [2.05, 4.69) is 20.8 Å². The normalized spacial score (nSPS) is 14.8. The van der Waals surface area contributed by atoms with Crippen molar-refractivity contribution in [3.05, 3.63) is 41.0 Å². The van der Waals surface area contributed by atoms with Crippen LogP contribution in [0.2, 0.25) is 5.02 Å². The van der Waals surface area contributed by atoms with E-state index in [1.807, 2.05) is 18.2 Å². The van der Waals surface area contributed by atoms with Crippen LogP contribution < -0.4 is 10.6 Å². The fraction of sp³-hybridized carbons (Fsp3) is 0.286. The average Bonchev–Trinajstić information content (AvgIpc) is 2.87. The van der Waals surface area contributed by atoms with Gasteiger partial charge in [0.15, 0.2) is 0 Å². The molecule has 1 saturated heterocycles. The van der Waals surface area contributed by atoms with Crippen molar-refractivity contribution in [3.8, 4) is 11.3 Å². The van der Waals surface area contributed by atoms with Crippen LogP contribution in [0.1, 0.15) is 10.5 Å². The van der Waals surface area contributed by atoms with Crippen LogP contribution in [0.5, 0.6) is 0 Å². The van der Waals surface area contributed by atoms with Gasteiger partial charge in [0.05, 0.1) is 10.7 Å². The predicted octanol–water partition coefficient (Wildman–Crippen LogP) is 1.68. The number of nitrogens with one attached hydrogen (secondary N) is 3. The van der Waals surface area contributed by atoms with E-state index < -0.39 is 0 Å². The van der Waals surface area contributed by atoms with Gasteiger partial charge in [-0.2, -0.15) is 5.10 Å². The molecule has 1 fully saturated rings. The molecule has 20 heavy (non-hydrogen) atoms. The Hall–Kier alpha value is -1.85. The Labute approximate surface area is 121 Å². The zero-order valence-electron chi connectivity index (χ0n) is 10.8. The van der Waals surface area contributed by atoms with Gasteiger partial charge in [-0.3, -0.25) is 9.89 Å². The second-order valence-corrected chi connectivity index (χ2v) is 5.29. The highest BCUT2D eigenvalue weighted by molar-refractivity contribution is 6.33. The molecule has 0 saturated carbocycles. The van der Waals surface area contributed by atoms with Gasteiger partial charge in [-0.15, -0.1) is 0 Å². The molecule has 1 aromatic heterocycles. The third-order valence-electron chi connectivity index (χ3n) is 3.39. The van der Waals surface area contributed by atoms with E-state index >= 15 is 0 Å². The van der Waals surface area contributed by atoms with Gasteiger partial charge in [0.2, 0.25) is 0 Å². The Morgan fingerprint density at radius 2 is 2.20 bits per heavy atom. The molecule has 0 atom stereocenters.